The topological polar surface area (TPSA) is 172 Å². The van der Waals surface area contributed by atoms with Gasteiger partial charge in [-0.05, 0) is 60.2 Å². The third-order valence-corrected chi connectivity index (χ3v) is 6.25. The van der Waals surface area contributed by atoms with Crippen LogP contribution in [0.2, 0.25) is 0 Å². The first kappa shape index (κ1) is 28.8. The Morgan fingerprint density at radius 3 is 2.53 bits per heavy atom. The van der Waals surface area contributed by atoms with Crippen LogP contribution in [0.25, 0.3) is 6.08 Å². The predicted molar refractivity (Wildman–Crippen MR) is 155 cm³/mol. The Bertz CT molecular complexity index is 1780. The monoisotopic (exact) mass is 646 g/mol. The van der Waals surface area contributed by atoms with Crippen molar-refractivity contribution in [2.45, 2.75) is 0 Å². The van der Waals surface area contributed by atoms with Crippen molar-refractivity contribution in [3.63, 3.8) is 0 Å². The van der Waals surface area contributed by atoms with Crippen molar-refractivity contribution in [2.24, 2.45) is 5.10 Å². The maximum atomic E-state index is 13.2. The highest BCUT2D eigenvalue weighted by Gasteiger charge is 2.21. The Balaban J connectivity index is 1.35. The Morgan fingerprint density at radius 1 is 0.977 bits per heavy atom. The smallest absolute Gasteiger partial charge is 0.433 e. The van der Waals surface area contributed by atoms with Gasteiger partial charge in [0.15, 0.2) is 11.5 Å². The van der Waals surface area contributed by atoms with Crippen molar-refractivity contribution in [2.75, 3.05) is 6.79 Å². The fourth-order valence-corrected chi connectivity index (χ4v) is 4.11. The molecular weight excluding hydrogens is 628 g/mol. The molecule has 2 heterocycles. The van der Waals surface area contributed by atoms with E-state index in [1.165, 1.54) is 18.4 Å². The largest absolute Gasteiger partial charge is 0.454 e. The molecule has 5 rings (SSSR count). The summed E-state index contributed by atoms with van der Waals surface area (Å²) in [4.78, 5) is 48.6. The summed E-state index contributed by atoms with van der Waals surface area (Å²) in [5.74, 6) is -2.18. The Kier molecular flexibility index (Phi) is 8.58. The van der Waals surface area contributed by atoms with Crippen LogP contribution >= 0.6 is 15.9 Å². The van der Waals surface area contributed by atoms with E-state index in [9.17, 15) is 24.5 Å². The SMILES string of the molecule is O=C(N/N=C\c1cc(Br)ccc1OC(=O)c1ccc([N+](=O)[O-])o1)/C(=C\c1ccc2c(c1)OCO2)NC(=O)c1ccccc1. The minimum absolute atomic E-state index is 0.0266. The molecule has 0 fully saturated rings. The minimum atomic E-state index is -0.980. The zero-order chi connectivity index (χ0) is 30.3. The van der Waals surface area contributed by atoms with Gasteiger partial charge in [0.2, 0.25) is 12.6 Å². The van der Waals surface area contributed by atoms with Crippen molar-refractivity contribution in [3.8, 4) is 17.2 Å². The number of nitrogens with one attached hydrogen (secondary N) is 2. The Hall–Kier alpha value is -5.76. The molecule has 0 saturated heterocycles. The number of halogens is 1. The maximum absolute atomic E-state index is 13.2. The molecule has 2 amide bonds. The Labute approximate surface area is 251 Å². The molecule has 2 N–H and O–H groups in total. The fraction of sp³-hybridized carbons (Fsp3) is 0.0345. The van der Waals surface area contributed by atoms with Gasteiger partial charge in [0, 0.05) is 15.6 Å². The average molecular weight is 647 g/mol. The molecule has 43 heavy (non-hydrogen) atoms. The van der Waals surface area contributed by atoms with E-state index in [1.54, 1.807) is 60.7 Å². The van der Waals surface area contributed by atoms with Gasteiger partial charge in [-0.2, -0.15) is 5.10 Å². The molecular formula is C29H19BrN4O9. The maximum Gasteiger partial charge on any atom is 0.433 e. The molecule has 0 atom stereocenters. The van der Waals surface area contributed by atoms with Gasteiger partial charge in [-0.3, -0.25) is 19.7 Å². The summed E-state index contributed by atoms with van der Waals surface area (Å²) in [6.07, 6.45) is 2.66. The Morgan fingerprint density at radius 2 is 1.77 bits per heavy atom. The van der Waals surface area contributed by atoms with E-state index in [1.807, 2.05) is 0 Å². The number of rotatable bonds is 9. The quantitative estimate of drug-likeness (QED) is 0.0645. The summed E-state index contributed by atoms with van der Waals surface area (Å²) >= 11 is 3.32. The molecule has 0 radical (unpaired) electrons. The molecule has 3 aromatic carbocycles. The molecule has 1 aromatic heterocycles. The van der Waals surface area contributed by atoms with E-state index < -0.39 is 28.6 Å². The van der Waals surface area contributed by atoms with Crippen molar-refractivity contribution in [1.82, 2.24) is 10.7 Å². The normalized spacial score (nSPS) is 12.2. The van der Waals surface area contributed by atoms with E-state index in [0.29, 0.717) is 27.1 Å². The molecule has 0 spiro atoms. The van der Waals surface area contributed by atoms with Crippen LogP contribution in [0.4, 0.5) is 5.88 Å². The number of carbonyl (C=O) groups is 3. The van der Waals surface area contributed by atoms with Crippen LogP contribution in [-0.2, 0) is 4.79 Å². The van der Waals surface area contributed by atoms with E-state index in [-0.39, 0.29) is 29.6 Å². The van der Waals surface area contributed by atoms with Gasteiger partial charge in [-0.25, -0.2) is 10.2 Å². The first-order valence-electron chi connectivity index (χ1n) is 12.3. The van der Waals surface area contributed by atoms with Crippen LogP contribution in [-0.4, -0.2) is 35.7 Å². The van der Waals surface area contributed by atoms with E-state index >= 15 is 0 Å². The number of hydrogen-bond acceptors (Lipinski definition) is 10. The second kappa shape index (κ2) is 12.8. The van der Waals surface area contributed by atoms with Gasteiger partial charge < -0.3 is 23.9 Å². The average Bonchev–Trinajstić information content (AvgIpc) is 3.69. The van der Waals surface area contributed by atoms with Crippen LogP contribution in [0.5, 0.6) is 17.2 Å². The number of carbonyl (C=O) groups excluding carboxylic acids is 3. The number of nitro groups is 1. The molecule has 216 valence electrons. The lowest BCUT2D eigenvalue weighted by Gasteiger charge is -2.10. The predicted octanol–water partition coefficient (Wildman–Crippen LogP) is 4.82. The number of hydrogen-bond donors (Lipinski definition) is 2. The number of nitrogens with zero attached hydrogens (tertiary/aromatic N) is 2. The first-order valence-corrected chi connectivity index (χ1v) is 13.1. The van der Waals surface area contributed by atoms with Gasteiger partial charge in [0.25, 0.3) is 11.8 Å². The molecule has 14 heteroatoms. The lowest BCUT2D eigenvalue weighted by atomic mass is 10.1. The van der Waals surface area contributed by atoms with Crippen LogP contribution in [0.3, 0.4) is 0 Å². The number of hydrazone groups is 1. The molecule has 13 nitrogen and oxygen atoms in total. The summed E-state index contributed by atoms with van der Waals surface area (Å²) in [5.41, 5.74) is 3.37. The van der Waals surface area contributed by atoms with Gasteiger partial charge in [-0.1, -0.05) is 40.2 Å². The summed E-state index contributed by atoms with van der Waals surface area (Å²) < 4.78 is 21.5. The highest BCUT2D eigenvalue weighted by molar-refractivity contribution is 9.10. The van der Waals surface area contributed by atoms with Crippen LogP contribution in [0, 0.1) is 10.1 Å². The number of esters is 1. The first-order chi connectivity index (χ1) is 20.8. The fourth-order valence-electron chi connectivity index (χ4n) is 3.73. The minimum Gasteiger partial charge on any atom is -0.454 e. The van der Waals surface area contributed by atoms with Crippen molar-refractivity contribution < 1.29 is 37.9 Å². The second-order valence-corrected chi connectivity index (χ2v) is 9.57. The second-order valence-electron chi connectivity index (χ2n) is 8.66. The van der Waals surface area contributed by atoms with Gasteiger partial charge in [0.05, 0.1) is 12.3 Å². The molecule has 0 aliphatic carbocycles. The van der Waals surface area contributed by atoms with E-state index in [4.69, 9.17) is 18.6 Å². The molecule has 0 unspecified atom stereocenters. The lowest BCUT2D eigenvalue weighted by molar-refractivity contribution is -0.402. The van der Waals surface area contributed by atoms with Crippen LogP contribution in [0.1, 0.15) is 32.0 Å². The van der Waals surface area contributed by atoms with Gasteiger partial charge in [0.1, 0.15) is 16.4 Å². The molecule has 1 aliphatic heterocycles. The lowest BCUT2D eigenvalue weighted by Crippen LogP contribution is -2.32. The number of benzene rings is 3. The molecule has 0 saturated carbocycles. The summed E-state index contributed by atoms with van der Waals surface area (Å²) in [6, 6.07) is 20.1. The number of fused-ring (bicyclic) bond motifs is 1. The van der Waals surface area contributed by atoms with Gasteiger partial charge >= 0.3 is 11.9 Å². The molecule has 4 aromatic rings. The number of ether oxygens (including phenoxy) is 3. The highest BCUT2D eigenvalue weighted by atomic mass is 79.9. The third kappa shape index (κ3) is 7.12. The van der Waals surface area contributed by atoms with Crippen molar-refractivity contribution in [1.29, 1.82) is 0 Å². The molecule has 1 aliphatic rings. The zero-order valence-electron chi connectivity index (χ0n) is 21.8. The summed E-state index contributed by atoms with van der Waals surface area (Å²) in [7, 11) is 0. The molecule has 0 bridgehead atoms. The van der Waals surface area contributed by atoms with Crippen molar-refractivity contribution in [3.05, 3.63) is 122 Å². The standard InChI is InChI=1S/C29H19BrN4O9/c30-20-7-9-22(43-29(37)24-10-11-26(42-24)34(38)39)19(14-20)15-31-33-28(36)21(32-27(35)18-4-2-1-3-5-18)12-17-6-8-23-25(13-17)41-16-40-23/h1-15H,16H2,(H,32,35)(H,33,36)/b21-12+,31-15-. The number of furan rings is 1. The van der Waals surface area contributed by atoms with Crippen molar-refractivity contribution >= 4 is 51.9 Å². The van der Waals surface area contributed by atoms with E-state index in [0.717, 1.165) is 12.1 Å². The zero-order valence-corrected chi connectivity index (χ0v) is 23.4. The highest BCUT2D eigenvalue weighted by Crippen LogP contribution is 2.33. The van der Waals surface area contributed by atoms with Gasteiger partial charge in [-0.15, -0.1) is 0 Å². The third-order valence-electron chi connectivity index (χ3n) is 5.75. The van der Waals surface area contributed by atoms with E-state index in [2.05, 4.69) is 31.8 Å². The van der Waals surface area contributed by atoms with Crippen LogP contribution < -0.4 is 25.0 Å². The number of amides is 2. The van der Waals surface area contributed by atoms with Crippen LogP contribution in [0.15, 0.2) is 98.6 Å². The summed E-state index contributed by atoms with van der Waals surface area (Å²) in [6.45, 7) is 0.0731. The summed E-state index contributed by atoms with van der Waals surface area (Å²) in [5, 5.41) is 17.4.